The minimum Gasteiger partial charge on any atom is -0.409 e. The number of amidine groups is 1. The topological polar surface area (TPSA) is 78.9 Å². The van der Waals surface area contributed by atoms with E-state index in [0.717, 1.165) is 31.7 Å². The Morgan fingerprint density at radius 1 is 1.61 bits per heavy atom. The molecule has 1 fully saturated rings. The lowest BCUT2D eigenvalue weighted by atomic mass is 10.0. The highest BCUT2D eigenvalue weighted by molar-refractivity contribution is 8.00. The summed E-state index contributed by atoms with van der Waals surface area (Å²) >= 11 is 1.92. The van der Waals surface area contributed by atoms with Gasteiger partial charge in [0.1, 0.15) is 0 Å². The summed E-state index contributed by atoms with van der Waals surface area (Å²) in [5, 5.41) is 12.3. The van der Waals surface area contributed by atoms with Gasteiger partial charge in [0, 0.05) is 24.1 Å². The molecule has 6 heteroatoms. The second-order valence-electron chi connectivity index (χ2n) is 4.55. The number of carbonyl (C=O) groups is 1. The maximum atomic E-state index is 12.4. The van der Waals surface area contributed by atoms with E-state index in [0.29, 0.717) is 11.7 Å². The van der Waals surface area contributed by atoms with Crippen LogP contribution in [0.25, 0.3) is 0 Å². The molecule has 2 unspecified atom stereocenters. The molecule has 1 aliphatic rings. The number of hydrogen-bond acceptors (Lipinski definition) is 4. The Balaban J connectivity index is 2.70. The van der Waals surface area contributed by atoms with E-state index < -0.39 is 5.92 Å². The first-order chi connectivity index (χ1) is 8.63. The van der Waals surface area contributed by atoms with Gasteiger partial charge in [0.05, 0.1) is 5.92 Å². The molecule has 0 aromatic rings. The van der Waals surface area contributed by atoms with Gasteiger partial charge in [0.2, 0.25) is 5.91 Å². The highest BCUT2D eigenvalue weighted by Crippen LogP contribution is 2.23. The van der Waals surface area contributed by atoms with Gasteiger partial charge in [-0.1, -0.05) is 25.4 Å². The van der Waals surface area contributed by atoms with E-state index in [4.69, 9.17) is 10.9 Å². The van der Waals surface area contributed by atoms with Crippen LogP contribution in [-0.4, -0.2) is 45.9 Å². The van der Waals surface area contributed by atoms with Gasteiger partial charge in [-0.25, -0.2) is 0 Å². The number of hydrogen-bond donors (Lipinski definition) is 2. The SMILES string of the molecule is CCCC(C(=O)N1CCSC(CC)C1)C(N)=NO. The van der Waals surface area contributed by atoms with Gasteiger partial charge >= 0.3 is 0 Å². The zero-order chi connectivity index (χ0) is 13.5. The minimum absolute atomic E-state index is 0.00546. The van der Waals surface area contributed by atoms with Gasteiger partial charge in [0.25, 0.3) is 0 Å². The van der Waals surface area contributed by atoms with Crippen LogP contribution in [0.1, 0.15) is 33.1 Å². The van der Waals surface area contributed by atoms with Crippen molar-refractivity contribution in [2.45, 2.75) is 38.4 Å². The van der Waals surface area contributed by atoms with Crippen LogP contribution in [0.3, 0.4) is 0 Å². The van der Waals surface area contributed by atoms with Gasteiger partial charge in [-0.05, 0) is 12.8 Å². The Morgan fingerprint density at radius 2 is 2.33 bits per heavy atom. The van der Waals surface area contributed by atoms with Gasteiger partial charge in [-0.2, -0.15) is 11.8 Å². The second-order valence-corrected chi connectivity index (χ2v) is 5.96. The Hall–Kier alpha value is -0.910. The van der Waals surface area contributed by atoms with Gasteiger partial charge in [-0.3, -0.25) is 4.79 Å². The number of nitrogens with two attached hydrogens (primary N) is 1. The summed E-state index contributed by atoms with van der Waals surface area (Å²) in [6.07, 6.45) is 2.54. The molecule has 1 rings (SSSR count). The monoisotopic (exact) mass is 273 g/mol. The van der Waals surface area contributed by atoms with E-state index in [2.05, 4.69) is 12.1 Å². The normalized spacial score (nSPS) is 22.9. The summed E-state index contributed by atoms with van der Waals surface area (Å²) < 4.78 is 0. The molecule has 0 spiro atoms. The molecule has 1 aliphatic heterocycles. The Bertz CT molecular complexity index is 310. The summed E-state index contributed by atoms with van der Waals surface area (Å²) in [6.45, 7) is 5.67. The molecule has 1 amide bonds. The highest BCUT2D eigenvalue weighted by Gasteiger charge is 2.30. The highest BCUT2D eigenvalue weighted by atomic mass is 32.2. The predicted octanol–water partition coefficient (Wildman–Crippen LogP) is 1.50. The summed E-state index contributed by atoms with van der Waals surface area (Å²) in [5.41, 5.74) is 5.63. The number of oxime groups is 1. The van der Waals surface area contributed by atoms with Crippen LogP contribution in [0.4, 0.5) is 0 Å². The van der Waals surface area contributed by atoms with Gasteiger partial charge < -0.3 is 15.8 Å². The fraction of sp³-hybridized carbons (Fsp3) is 0.833. The lowest BCUT2D eigenvalue weighted by Crippen LogP contribution is -2.47. The molecule has 3 N–H and O–H groups in total. The van der Waals surface area contributed by atoms with Gasteiger partial charge in [0.15, 0.2) is 5.84 Å². The van der Waals surface area contributed by atoms with Crippen molar-refractivity contribution in [2.75, 3.05) is 18.8 Å². The fourth-order valence-electron chi connectivity index (χ4n) is 2.14. The first kappa shape index (κ1) is 15.1. The number of rotatable bonds is 5. The van der Waals surface area contributed by atoms with Crippen molar-refractivity contribution < 1.29 is 10.0 Å². The Labute approximate surface area is 113 Å². The van der Waals surface area contributed by atoms with Crippen molar-refractivity contribution in [3.05, 3.63) is 0 Å². The van der Waals surface area contributed by atoms with Crippen LogP contribution in [0.5, 0.6) is 0 Å². The fourth-order valence-corrected chi connectivity index (χ4v) is 3.32. The van der Waals surface area contributed by atoms with Crippen LogP contribution in [0.15, 0.2) is 5.16 Å². The summed E-state index contributed by atoms with van der Waals surface area (Å²) in [7, 11) is 0. The van der Waals surface area contributed by atoms with Crippen molar-refractivity contribution in [3.8, 4) is 0 Å². The second kappa shape index (κ2) is 7.51. The molecular formula is C12H23N3O2S. The van der Waals surface area contributed by atoms with E-state index >= 15 is 0 Å². The van der Waals surface area contributed by atoms with Crippen LogP contribution in [0.2, 0.25) is 0 Å². The van der Waals surface area contributed by atoms with Crippen LogP contribution < -0.4 is 5.73 Å². The zero-order valence-corrected chi connectivity index (χ0v) is 11.9. The van der Waals surface area contributed by atoms with Crippen molar-refractivity contribution in [1.29, 1.82) is 0 Å². The van der Waals surface area contributed by atoms with E-state index in [1.807, 2.05) is 23.6 Å². The van der Waals surface area contributed by atoms with E-state index in [-0.39, 0.29) is 11.7 Å². The summed E-state index contributed by atoms with van der Waals surface area (Å²) in [5.74, 6) is 0.541. The van der Waals surface area contributed by atoms with Crippen LogP contribution in [0, 0.1) is 5.92 Å². The molecule has 0 radical (unpaired) electrons. The van der Waals surface area contributed by atoms with Crippen LogP contribution in [-0.2, 0) is 4.79 Å². The molecule has 1 saturated heterocycles. The molecule has 0 aromatic carbocycles. The molecule has 104 valence electrons. The maximum absolute atomic E-state index is 12.4. The Morgan fingerprint density at radius 3 is 2.89 bits per heavy atom. The Kier molecular flexibility index (Phi) is 6.32. The van der Waals surface area contributed by atoms with E-state index in [9.17, 15) is 4.79 Å². The molecule has 1 heterocycles. The first-order valence-electron chi connectivity index (χ1n) is 6.51. The molecule has 5 nitrogen and oxygen atoms in total. The van der Waals surface area contributed by atoms with Crippen molar-refractivity contribution >= 4 is 23.5 Å². The predicted molar refractivity (Wildman–Crippen MR) is 74.9 cm³/mol. The number of carbonyl (C=O) groups excluding carboxylic acids is 1. The van der Waals surface area contributed by atoms with Crippen LogP contribution >= 0.6 is 11.8 Å². The smallest absolute Gasteiger partial charge is 0.233 e. The molecule has 0 bridgehead atoms. The van der Waals surface area contributed by atoms with Gasteiger partial charge in [-0.15, -0.1) is 0 Å². The molecular weight excluding hydrogens is 250 g/mol. The third-order valence-electron chi connectivity index (χ3n) is 3.25. The average molecular weight is 273 g/mol. The number of thioether (sulfide) groups is 1. The zero-order valence-electron chi connectivity index (χ0n) is 11.1. The summed E-state index contributed by atoms with van der Waals surface area (Å²) in [6, 6.07) is 0. The largest absolute Gasteiger partial charge is 0.409 e. The number of amides is 1. The third kappa shape index (κ3) is 3.80. The quantitative estimate of drug-likeness (QED) is 0.344. The van der Waals surface area contributed by atoms with Crippen molar-refractivity contribution in [3.63, 3.8) is 0 Å². The third-order valence-corrected chi connectivity index (χ3v) is 4.63. The molecule has 18 heavy (non-hydrogen) atoms. The standard InChI is InChI=1S/C12H23N3O2S/c1-3-5-10(11(13)14-17)12(16)15-6-7-18-9(4-2)8-15/h9-10,17H,3-8H2,1-2H3,(H2,13,14). The molecule has 0 aliphatic carbocycles. The van der Waals surface area contributed by atoms with Crippen molar-refractivity contribution in [2.24, 2.45) is 16.8 Å². The molecule has 0 saturated carbocycles. The molecule has 0 aromatic heterocycles. The summed E-state index contributed by atoms with van der Waals surface area (Å²) in [4.78, 5) is 14.3. The number of nitrogens with zero attached hydrogens (tertiary/aromatic N) is 2. The lowest BCUT2D eigenvalue weighted by Gasteiger charge is -2.34. The van der Waals surface area contributed by atoms with E-state index in [1.54, 1.807) is 0 Å². The average Bonchev–Trinajstić information content (AvgIpc) is 2.43. The van der Waals surface area contributed by atoms with E-state index in [1.165, 1.54) is 0 Å². The maximum Gasteiger partial charge on any atom is 0.233 e. The molecule has 2 atom stereocenters. The van der Waals surface area contributed by atoms with Crippen molar-refractivity contribution in [1.82, 2.24) is 4.90 Å². The minimum atomic E-state index is -0.472. The first-order valence-corrected chi connectivity index (χ1v) is 7.56. The lowest BCUT2D eigenvalue weighted by molar-refractivity contribution is -0.133.